The molecule has 4 heteroatoms. The van der Waals surface area contributed by atoms with Gasteiger partial charge < -0.3 is 10.2 Å². The van der Waals surface area contributed by atoms with Crippen LogP contribution in [0, 0.1) is 17.1 Å². The molecule has 20 heavy (non-hydrogen) atoms. The van der Waals surface area contributed by atoms with Crippen LogP contribution in [-0.4, -0.2) is 30.1 Å². The number of halogens is 1. The lowest BCUT2D eigenvalue weighted by Gasteiger charge is -2.47. The lowest BCUT2D eigenvalue weighted by Crippen LogP contribution is -2.52. The summed E-state index contributed by atoms with van der Waals surface area (Å²) >= 11 is 0. The van der Waals surface area contributed by atoms with Gasteiger partial charge in [0.25, 0.3) is 0 Å². The number of benzene rings is 1. The SMILES string of the molecule is CN1C2CCCC1CC(Nc1ccc(C#N)c(F)c1)C2. The second-order valence-corrected chi connectivity index (χ2v) is 6.02. The van der Waals surface area contributed by atoms with Gasteiger partial charge >= 0.3 is 0 Å². The minimum atomic E-state index is -0.439. The van der Waals surface area contributed by atoms with Crippen molar-refractivity contribution in [3.8, 4) is 6.07 Å². The predicted octanol–water partition coefficient (Wildman–Crippen LogP) is 3.12. The van der Waals surface area contributed by atoms with Crippen molar-refractivity contribution in [2.45, 2.75) is 50.2 Å². The number of nitrogens with zero attached hydrogens (tertiary/aromatic N) is 2. The Kier molecular flexibility index (Phi) is 3.62. The molecule has 2 aliphatic heterocycles. The molecule has 2 fully saturated rings. The molecule has 0 radical (unpaired) electrons. The minimum absolute atomic E-state index is 0.107. The fourth-order valence-electron chi connectivity index (χ4n) is 3.66. The molecule has 2 bridgehead atoms. The van der Waals surface area contributed by atoms with Crippen LogP contribution in [0.2, 0.25) is 0 Å². The number of anilines is 1. The van der Waals surface area contributed by atoms with Gasteiger partial charge in [0.05, 0.1) is 5.56 Å². The molecule has 0 aromatic heterocycles. The molecule has 0 amide bonds. The molecule has 2 aliphatic rings. The highest BCUT2D eigenvalue weighted by molar-refractivity contribution is 5.48. The van der Waals surface area contributed by atoms with Crippen molar-refractivity contribution in [3.05, 3.63) is 29.6 Å². The van der Waals surface area contributed by atoms with E-state index in [0.717, 1.165) is 18.5 Å². The minimum Gasteiger partial charge on any atom is -0.382 e. The summed E-state index contributed by atoms with van der Waals surface area (Å²) in [6, 6.07) is 8.36. The van der Waals surface area contributed by atoms with E-state index in [2.05, 4.69) is 17.3 Å². The first kappa shape index (κ1) is 13.4. The van der Waals surface area contributed by atoms with Gasteiger partial charge in [-0.05, 0) is 50.9 Å². The van der Waals surface area contributed by atoms with Gasteiger partial charge in [-0.2, -0.15) is 5.26 Å². The normalized spacial score (nSPS) is 29.8. The number of nitriles is 1. The van der Waals surface area contributed by atoms with E-state index >= 15 is 0 Å². The predicted molar refractivity (Wildman–Crippen MR) is 76.9 cm³/mol. The zero-order valence-corrected chi connectivity index (χ0v) is 11.8. The largest absolute Gasteiger partial charge is 0.382 e. The van der Waals surface area contributed by atoms with Gasteiger partial charge in [0.2, 0.25) is 0 Å². The summed E-state index contributed by atoms with van der Waals surface area (Å²) in [6.07, 6.45) is 6.11. The zero-order chi connectivity index (χ0) is 14.1. The number of hydrogen-bond acceptors (Lipinski definition) is 3. The monoisotopic (exact) mass is 273 g/mol. The molecule has 2 atom stereocenters. The summed E-state index contributed by atoms with van der Waals surface area (Å²) in [5, 5.41) is 12.2. The number of hydrogen-bond donors (Lipinski definition) is 1. The fourth-order valence-corrected chi connectivity index (χ4v) is 3.66. The van der Waals surface area contributed by atoms with Gasteiger partial charge in [0, 0.05) is 23.8 Å². The lowest BCUT2D eigenvalue weighted by atomic mass is 9.82. The Morgan fingerprint density at radius 2 is 2.00 bits per heavy atom. The summed E-state index contributed by atoms with van der Waals surface area (Å²) in [7, 11) is 2.23. The van der Waals surface area contributed by atoms with E-state index in [1.54, 1.807) is 12.1 Å². The summed E-state index contributed by atoms with van der Waals surface area (Å²) < 4.78 is 13.6. The van der Waals surface area contributed by atoms with Crippen molar-refractivity contribution in [1.82, 2.24) is 4.90 Å². The van der Waals surface area contributed by atoms with Crippen LogP contribution < -0.4 is 5.32 Å². The molecule has 2 heterocycles. The van der Waals surface area contributed by atoms with E-state index in [1.165, 1.54) is 25.3 Å². The maximum absolute atomic E-state index is 13.6. The molecule has 3 nitrogen and oxygen atoms in total. The summed E-state index contributed by atoms with van der Waals surface area (Å²) in [5.41, 5.74) is 0.893. The van der Waals surface area contributed by atoms with Crippen LogP contribution in [0.15, 0.2) is 18.2 Å². The van der Waals surface area contributed by atoms with Gasteiger partial charge in [-0.15, -0.1) is 0 Å². The third-order valence-electron chi connectivity index (χ3n) is 4.80. The van der Waals surface area contributed by atoms with Gasteiger partial charge in [-0.25, -0.2) is 4.39 Å². The summed E-state index contributed by atoms with van der Waals surface area (Å²) in [5.74, 6) is -0.439. The van der Waals surface area contributed by atoms with Crippen LogP contribution in [0.5, 0.6) is 0 Å². The maximum atomic E-state index is 13.6. The molecule has 0 spiro atoms. The molecule has 1 aromatic carbocycles. The Morgan fingerprint density at radius 1 is 1.30 bits per heavy atom. The van der Waals surface area contributed by atoms with Crippen molar-refractivity contribution < 1.29 is 4.39 Å². The van der Waals surface area contributed by atoms with Crippen LogP contribution in [0.3, 0.4) is 0 Å². The molecule has 2 unspecified atom stereocenters. The van der Waals surface area contributed by atoms with Crippen molar-refractivity contribution in [2.75, 3.05) is 12.4 Å². The molecule has 3 rings (SSSR count). The molecular weight excluding hydrogens is 253 g/mol. The molecule has 1 N–H and O–H groups in total. The van der Waals surface area contributed by atoms with Crippen molar-refractivity contribution in [2.24, 2.45) is 0 Å². The Morgan fingerprint density at radius 3 is 2.60 bits per heavy atom. The standard InChI is InChI=1S/C16H20FN3/c1-20-14-3-2-4-15(20)8-13(7-14)19-12-6-5-11(10-18)16(17)9-12/h5-6,9,13-15,19H,2-4,7-8H2,1H3. The second kappa shape index (κ2) is 5.41. The second-order valence-electron chi connectivity index (χ2n) is 6.02. The number of rotatable bonds is 2. The number of piperidine rings is 2. The fraction of sp³-hybridized carbons (Fsp3) is 0.562. The highest BCUT2D eigenvalue weighted by atomic mass is 19.1. The number of fused-ring (bicyclic) bond motifs is 2. The van der Waals surface area contributed by atoms with E-state index in [1.807, 2.05) is 6.07 Å². The third-order valence-corrected chi connectivity index (χ3v) is 4.80. The molecular formula is C16H20FN3. The van der Waals surface area contributed by atoms with Crippen LogP contribution in [0.1, 0.15) is 37.7 Å². The lowest BCUT2D eigenvalue weighted by molar-refractivity contribution is 0.0608. The molecule has 1 aromatic rings. The third kappa shape index (κ3) is 2.51. The first-order valence-electron chi connectivity index (χ1n) is 7.35. The number of nitrogens with one attached hydrogen (secondary N) is 1. The van der Waals surface area contributed by atoms with Crippen molar-refractivity contribution in [3.63, 3.8) is 0 Å². The van der Waals surface area contributed by atoms with Crippen LogP contribution in [0.25, 0.3) is 0 Å². The van der Waals surface area contributed by atoms with Crippen molar-refractivity contribution >= 4 is 5.69 Å². The van der Waals surface area contributed by atoms with E-state index < -0.39 is 5.82 Å². The van der Waals surface area contributed by atoms with Gasteiger partial charge in [-0.3, -0.25) is 0 Å². The summed E-state index contributed by atoms with van der Waals surface area (Å²) in [4.78, 5) is 2.51. The zero-order valence-electron chi connectivity index (χ0n) is 11.8. The highest BCUT2D eigenvalue weighted by Gasteiger charge is 2.35. The Labute approximate surface area is 119 Å². The Balaban J connectivity index is 1.70. The first-order valence-corrected chi connectivity index (χ1v) is 7.35. The maximum Gasteiger partial charge on any atom is 0.143 e. The highest BCUT2D eigenvalue weighted by Crippen LogP contribution is 2.34. The molecule has 2 saturated heterocycles. The van der Waals surface area contributed by atoms with Crippen molar-refractivity contribution in [1.29, 1.82) is 5.26 Å². The smallest absolute Gasteiger partial charge is 0.143 e. The average molecular weight is 273 g/mol. The first-order chi connectivity index (χ1) is 9.67. The Bertz CT molecular complexity index is 523. The molecule has 0 aliphatic carbocycles. The Hall–Kier alpha value is -1.60. The van der Waals surface area contributed by atoms with Gasteiger partial charge in [-0.1, -0.05) is 6.42 Å². The molecule has 106 valence electrons. The average Bonchev–Trinajstić information content (AvgIpc) is 2.40. The van der Waals surface area contributed by atoms with Crippen LogP contribution in [0.4, 0.5) is 10.1 Å². The van der Waals surface area contributed by atoms with Crippen LogP contribution >= 0.6 is 0 Å². The van der Waals surface area contributed by atoms with Gasteiger partial charge in [0.15, 0.2) is 0 Å². The molecule has 0 saturated carbocycles. The van der Waals surface area contributed by atoms with Gasteiger partial charge in [0.1, 0.15) is 11.9 Å². The summed E-state index contributed by atoms with van der Waals surface area (Å²) in [6.45, 7) is 0. The van der Waals surface area contributed by atoms with Crippen LogP contribution in [-0.2, 0) is 0 Å². The van der Waals surface area contributed by atoms with E-state index in [4.69, 9.17) is 5.26 Å². The quantitative estimate of drug-likeness (QED) is 0.899. The van der Waals surface area contributed by atoms with E-state index in [0.29, 0.717) is 18.1 Å². The van der Waals surface area contributed by atoms with E-state index in [9.17, 15) is 4.39 Å². The van der Waals surface area contributed by atoms with E-state index in [-0.39, 0.29) is 5.56 Å². The topological polar surface area (TPSA) is 39.1 Å².